The maximum Gasteiger partial charge on any atom is 0.323 e. The number of nitrogens with zero attached hydrogens (tertiary/aromatic N) is 2. The van der Waals surface area contributed by atoms with Crippen LogP contribution < -0.4 is 5.32 Å². The SMILES string of the molecule is CC(O)C1CCN(C(=O)Nc2ccc(Br)cn2)CC1. The van der Waals surface area contributed by atoms with Crippen LogP contribution in [-0.4, -0.2) is 40.2 Å². The van der Waals surface area contributed by atoms with E-state index in [0.717, 1.165) is 17.3 Å². The van der Waals surface area contributed by atoms with Crippen LogP contribution >= 0.6 is 15.9 Å². The van der Waals surface area contributed by atoms with Gasteiger partial charge in [0.1, 0.15) is 5.82 Å². The molecule has 6 heteroatoms. The molecule has 1 aliphatic heterocycles. The highest BCUT2D eigenvalue weighted by molar-refractivity contribution is 9.10. The van der Waals surface area contributed by atoms with E-state index in [-0.39, 0.29) is 12.1 Å². The van der Waals surface area contributed by atoms with E-state index in [1.54, 1.807) is 17.2 Å². The van der Waals surface area contributed by atoms with Crippen LogP contribution in [-0.2, 0) is 0 Å². The monoisotopic (exact) mass is 327 g/mol. The van der Waals surface area contributed by atoms with Gasteiger partial charge in [-0.15, -0.1) is 0 Å². The summed E-state index contributed by atoms with van der Waals surface area (Å²) in [5.74, 6) is 0.848. The van der Waals surface area contributed by atoms with Crippen LogP contribution in [0.25, 0.3) is 0 Å². The molecule has 2 N–H and O–H groups in total. The summed E-state index contributed by atoms with van der Waals surface area (Å²) in [5.41, 5.74) is 0. The van der Waals surface area contributed by atoms with Gasteiger partial charge in [-0.25, -0.2) is 9.78 Å². The Hall–Kier alpha value is -1.14. The molecule has 104 valence electrons. The van der Waals surface area contributed by atoms with E-state index < -0.39 is 0 Å². The summed E-state index contributed by atoms with van der Waals surface area (Å²) in [5, 5.41) is 12.3. The van der Waals surface area contributed by atoms with E-state index in [4.69, 9.17) is 0 Å². The number of anilines is 1. The molecule has 0 aromatic carbocycles. The molecule has 5 nitrogen and oxygen atoms in total. The van der Waals surface area contributed by atoms with Gasteiger partial charge in [0.05, 0.1) is 6.10 Å². The van der Waals surface area contributed by atoms with Crippen molar-refractivity contribution in [1.29, 1.82) is 0 Å². The van der Waals surface area contributed by atoms with Gasteiger partial charge < -0.3 is 10.0 Å². The molecule has 0 aliphatic carbocycles. The topological polar surface area (TPSA) is 65.5 Å². The molecular formula is C13H18BrN3O2. The summed E-state index contributed by atoms with van der Waals surface area (Å²) in [7, 11) is 0. The van der Waals surface area contributed by atoms with Crippen molar-refractivity contribution in [1.82, 2.24) is 9.88 Å². The zero-order valence-corrected chi connectivity index (χ0v) is 12.4. The molecular weight excluding hydrogens is 310 g/mol. The molecule has 0 saturated carbocycles. The number of rotatable bonds is 2. The van der Waals surface area contributed by atoms with Gasteiger partial charge in [0.15, 0.2) is 0 Å². The Labute approximate surface area is 121 Å². The Kier molecular flexibility index (Phi) is 4.76. The van der Waals surface area contributed by atoms with Gasteiger partial charge in [-0.3, -0.25) is 5.32 Å². The highest BCUT2D eigenvalue weighted by atomic mass is 79.9. The largest absolute Gasteiger partial charge is 0.393 e. The Morgan fingerprint density at radius 3 is 2.74 bits per heavy atom. The number of carbonyl (C=O) groups is 1. The number of aromatic nitrogens is 1. The zero-order chi connectivity index (χ0) is 13.8. The summed E-state index contributed by atoms with van der Waals surface area (Å²) < 4.78 is 0.878. The van der Waals surface area contributed by atoms with E-state index in [2.05, 4.69) is 26.2 Å². The third-order valence-electron chi connectivity index (χ3n) is 3.47. The second kappa shape index (κ2) is 6.34. The van der Waals surface area contributed by atoms with E-state index in [0.29, 0.717) is 24.8 Å². The van der Waals surface area contributed by atoms with E-state index in [1.165, 1.54) is 0 Å². The molecule has 1 aromatic rings. The van der Waals surface area contributed by atoms with Crippen LogP contribution in [0.4, 0.5) is 10.6 Å². The Balaban J connectivity index is 1.86. The van der Waals surface area contributed by atoms with Crippen LogP contribution in [0.2, 0.25) is 0 Å². The zero-order valence-electron chi connectivity index (χ0n) is 10.8. The van der Waals surface area contributed by atoms with Crippen LogP contribution in [0.5, 0.6) is 0 Å². The van der Waals surface area contributed by atoms with Gasteiger partial charge in [0.2, 0.25) is 0 Å². The van der Waals surface area contributed by atoms with Crippen molar-refractivity contribution in [3.05, 3.63) is 22.8 Å². The Morgan fingerprint density at radius 1 is 1.53 bits per heavy atom. The van der Waals surface area contributed by atoms with Gasteiger partial charge in [-0.05, 0) is 53.7 Å². The number of hydrogen-bond donors (Lipinski definition) is 2. The molecule has 0 bridgehead atoms. The molecule has 0 spiro atoms. The number of halogens is 1. The van der Waals surface area contributed by atoms with Gasteiger partial charge in [0.25, 0.3) is 0 Å². The first kappa shape index (κ1) is 14.3. The number of hydrogen-bond acceptors (Lipinski definition) is 3. The summed E-state index contributed by atoms with van der Waals surface area (Å²) in [6.45, 7) is 3.17. The second-order valence-corrected chi connectivity index (χ2v) is 5.77. The smallest absolute Gasteiger partial charge is 0.323 e. The van der Waals surface area contributed by atoms with Crippen LogP contribution in [0, 0.1) is 5.92 Å². The first-order valence-corrected chi connectivity index (χ1v) is 7.21. The van der Waals surface area contributed by atoms with Crippen molar-refractivity contribution < 1.29 is 9.90 Å². The van der Waals surface area contributed by atoms with Crippen LogP contribution in [0.15, 0.2) is 22.8 Å². The third-order valence-corrected chi connectivity index (χ3v) is 3.94. The minimum Gasteiger partial charge on any atom is -0.393 e. The number of likely N-dealkylation sites (tertiary alicyclic amines) is 1. The summed E-state index contributed by atoms with van der Waals surface area (Å²) in [6, 6.07) is 3.46. The standard InChI is InChI=1S/C13H18BrN3O2/c1-9(18)10-4-6-17(7-5-10)13(19)16-12-3-2-11(14)8-15-12/h2-3,8-10,18H,4-7H2,1H3,(H,15,16,19). The van der Waals surface area contributed by atoms with E-state index >= 15 is 0 Å². The minimum atomic E-state index is -0.293. The number of amides is 2. The molecule has 1 saturated heterocycles. The number of carbonyl (C=O) groups excluding carboxylic acids is 1. The fourth-order valence-electron chi connectivity index (χ4n) is 2.22. The van der Waals surface area contributed by atoms with Crippen molar-refractivity contribution in [2.45, 2.75) is 25.9 Å². The number of piperidine rings is 1. The molecule has 1 unspecified atom stereocenters. The van der Waals surface area contributed by atoms with Crippen molar-refractivity contribution in [3.8, 4) is 0 Å². The predicted molar refractivity (Wildman–Crippen MR) is 76.9 cm³/mol. The quantitative estimate of drug-likeness (QED) is 0.876. The number of aliphatic hydroxyl groups excluding tert-OH is 1. The average Bonchev–Trinajstić information content (AvgIpc) is 2.41. The van der Waals surface area contributed by atoms with Gasteiger partial charge in [0, 0.05) is 23.8 Å². The lowest BCUT2D eigenvalue weighted by Gasteiger charge is -2.33. The first-order valence-electron chi connectivity index (χ1n) is 6.42. The summed E-state index contributed by atoms with van der Waals surface area (Å²) >= 11 is 3.30. The summed E-state index contributed by atoms with van der Waals surface area (Å²) in [4.78, 5) is 17.9. The number of urea groups is 1. The van der Waals surface area contributed by atoms with Gasteiger partial charge in [-0.2, -0.15) is 0 Å². The highest BCUT2D eigenvalue weighted by Crippen LogP contribution is 2.21. The van der Waals surface area contributed by atoms with Crippen LogP contribution in [0.3, 0.4) is 0 Å². The van der Waals surface area contributed by atoms with Crippen LogP contribution in [0.1, 0.15) is 19.8 Å². The summed E-state index contributed by atoms with van der Waals surface area (Å²) in [6.07, 6.45) is 3.05. The lowest BCUT2D eigenvalue weighted by atomic mass is 9.92. The molecule has 1 aliphatic rings. The second-order valence-electron chi connectivity index (χ2n) is 4.86. The van der Waals surface area contributed by atoms with Gasteiger partial charge in [-0.1, -0.05) is 0 Å². The molecule has 2 heterocycles. The van der Waals surface area contributed by atoms with Crippen molar-refractivity contribution >= 4 is 27.8 Å². The van der Waals surface area contributed by atoms with Crippen molar-refractivity contribution in [3.63, 3.8) is 0 Å². The Morgan fingerprint density at radius 2 is 2.21 bits per heavy atom. The molecule has 2 rings (SSSR count). The molecule has 2 amide bonds. The third kappa shape index (κ3) is 3.91. The lowest BCUT2D eigenvalue weighted by Crippen LogP contribution is -2.42. The maximum absolute atomic E-state index is 12.0. The lowest BCUT2D eigenvalue weighted by molar-refractivity contribution is 0.0820. The maximum atomic E-state index is 12.0. The van der Waals surface area contributed by atoms with E-state index in [9.17, 15) is 9.90 Å². The van der Waals surface area contributed by atoms with Gasteiger partial charge >= 0.3 is 6.03 Å². The van der Waals surface area contributed by atoms with Crippen molar-refractivity contribution in [2.75, 3.05) is 18.4 Å². The highest BCUT2D eigenvalue weighted by Gasteiger charge is 2.25. The normalized spacial score (nSPS) is 18.2. The first-order chi connectivity index (χ1) is 9.06. The Bertz CT molecular complexity index is 428. The predicted octanol–water partition coefficient (Wildman–Crippen LogP) is 2.47. The fourth-order valence-corrected chi connectivity index (χ4v) is 2.46. The van der Waals surface area contributed by atoms with Crippen molar-refractivity contribution in [2.24, 2.45) is 5.92 Å². The molecule has 1 fully saturated rings. The minimum absolute atomic E-state index is 0.126. The fraction of sp³-hybridized carbons (Fsp3) is 0.538. The average molecular weight is 328 g/mol. The molecule has 1 aromatic heterocycles. The number of aliphatic hydroxyl groups is 1. The number of pyridine rings is 1. The molecule has 19 heavy (non-hydrogen) atoms. The van der Waals surface area contributed by atoms with E-state index in [1.807, 2.05) is 13.0 Å². The molecule has 0 radical (unpaired) electrons. The molecule has 1 atom stereocenters. The number of nitrogens with one attached hydrogen (secondary N) is 1.